The molecule has 2 aliphatic heterocycles. The summed E-state index contributed by atoms with van der Waals surface area (Å²) in [7, 11) is 0. The van der Waals surface area contributed by atoms with Crippen LogP contribution in [-0.2, 0) is 11.3 Å². The molecule has 1 N–H and O–H groups in total. The number of pyridine rings is 1. The van der Waals surface area contributed by atoms with Crippen LogP contribution in [0.15, 0.2) is 29.2 Å². The molecule has 4 fully saturated rings. The molecule has 2 saturated heterocycles. The van der Waals surface area contributed by atoms with Crippen molar-refractivity contribution in [2.45, 2.75) is 82.8 Å². The minimum Gasteiger partial charge on any atom is -0.380 e. The number of rotatable bonds is 5. The molecule has 0 unspecified atom stereocenters. The normalized spacial score (nSPS) is 23.1. The minimum absolute atomic E-state index is 0.115. The van der Waals surface area contributed by atoms with E-state index in [-0.39, 0.29) is 11.6 Å². The van der Waals surface area contributed by atoms with Crippen LogP contribution in [0.3, 0.4) is 0 Å². The molecule has 7 nitrogen and oxygen atoms in total. The molecule has 1 aromatic carbocycles. The fourth-order valence-corrected chi connectivity index (χ4v) is 6.68. The number of benzene rings is 1. The highest BCUT2D eigenvalue weighted by Crippen LogP contribution is 2.39. The van der Waals surface area contributed by atoms with Gasteiger partial charge in [0, 0.05) is 41.0 Å². The number of nitrogens with zero attached hydrogens (tertiary/aromatic N) is 4. The Hall–Kier alpha value is -2.51. The van der Waals surface area contributed by atoms with Crippen molar-refractivity contribution >= 4 is 27.8 Å². The fourth-order valence-electron chi connectivity index (χ4n) is 6.68. The van der Waals surface area contributed by atoms with E-state index in [1.54, 1.807) is 0 Å². The quantitative estimate of drug-likeness (QED) is 0.509. The van der Waals surface area contributed by atoms with Crippen LogP contribution >= 0.6 is 0 Å². The third kappa shape index (κ3) is 4.01. The van der Waals surface area contributed by atoms with Crippen molar-refractivity contribution in [3.63, 3.8) is 0 Å². The van der Waals surface area contributed by atoms with Crippen LogP contribution in [0.1, 0.15) is 75.8 Å². The monoisotopic (exact) mass is 487 g/mol. The van der Waals surface area contributed by atoms with E-state index in [1.807, 2.05) is 10.8 Å². The second kappa shape index (κ2) is 9.10. The highest BCUT2D eigenvalue weighted by Gasteiger charge is 2.41. The van der Waals surface area contributed by atoms with E-state index in [9.17, 15) is 4.79 Å². The molecule has 3 aromatic rings. The van der Waals surface area contributed by atoms with Gasteiger partial charge in [-0.05, 0) is 75.1 Å². The first kappa shape index (κ1) is 22.7. The van der Waals surface area contributed by atoms with Crippen molar-refractivity contribution in [1.82, 2.24) is 19.4 Å². The van der Waals surface area contributed by atoms with Crippen molar-refractivity contribution in [3.8, 4) is 0 Å². The number of anilines is 1. The van der Waals surface area contributed by atoms with E-state index in [0.717, 1.165) is 67.5 Å². The Morgan fingerprint density at radius 1 is 0.972 bits per heavy atom. The van der Waals surface area contributed by atoms with Gasteiger partial charge in [0.2, 0.25) is 5.95 Å². The van der Waals surface area contributed by atoms with Gasteiger partial charge in [-0.1, -0.05) is 31.4 Å². The van der Waals surface area contributed by atoms with Gasteiger partial charge in [0.15, 0.2) is 0 Å². The number of aromatic nitrogens is 3. The van der Waals surface area contributed by atoms with Crippen LogP contribution < -0.4 is 10.9 Å². The SMILES string of the molecule is O=c1c2cc(CN3CCC4(CC3)COC4)ccc2c2cnc(NC3CCC3)nc2n1C1CCCCC1. The smallest absolute Gasteiger partial charge is 0.260 e. The van der Waals surface area contributed by atoms with Gasteiger partial charge in [0.05, 0.1) is 13.2 Å². The molecular weight excluding hydrogens is 450 g/mol. The molecule has 4 aliphatic rings. The number of likely N-dealkylation sites (tertiary alicyclic amines) is 1. The van der Waals surface area contributed by atoms with Gasteiger partial charge in [-0.15, -0.1) is 0 Å². The predicted molar refractivity (Wildman–Crippen MR) is 142 cm³/mol. The van der Waals surface area contributed by atoms with E-state index in [4.69, 9.17) is 9.72 Å². The first-order chi connectivity index (χ1) is 17.7. The van der Waals surface area contributed by atoms with Gasteiger partial charge in [0.25, 0.3) is 5.56 Å². The lowest BCUT2D eigenvalue weighted by Crippen LogP contribution is -2.50. The number of fused-ring (bicyclic) bond motifs is 3. The molecule has 7 heteroatoms. The van der Waals surface area contributed by atoms with Gasteiger partial charge < -0.3 is 10.1 Å². The zero-order valence-electron chi connectivity index (χ0n) is 21.2. The molecule has 36 heavy (non-hydrogen) atoms. The molecule has 2 saturated carbocycles. The molecule has 4 heterocycles. The Morgan fingerprint density at radius 3 is 2.47 bits per heavy atom. The van der Waals surface area contributed by atoms with Crippen molar-refractivity contribution in [1.29, 1.82) is 0 Å². The van der Waals surface area contributed by atoms with Crippen LogP contribution in [0.2, 0.25) is 0 Å². The maximum absolute atomic E-state index is 14.1. The Balaban J connectivity index is 1.26. The van der Waals surface area contributed by atoms with Gasteiger partial charge >= 0.3 is 0 Å². The summed E-state index contributed by atoms with van der Waals surface area (Å²) in [5, 5.41) is 6.27. The summed E-state index contributed by atoms with van der Waals surface area (Å²) in [4.78, 5) is 26.2. The van der Waals surface area contributed by atoms with Gasteiger partial charge in [-0.3, -0.25) is 14.3 Å². The molecule has 190 valence electrons. The summed E-state index contributed by atoms with van der Waals surface area (Å²) >= 11 is 0. The van der Waals surface area contributed by atoms with Crippen LogP contribution in [0.25, 0.3) is 21.8 Å². The molecule has 7 rings (SSSR count). The van der Waals surface area contributed by atoms with Crippen molar-refractivity contribution < 1.29 is 4.74 Å². The number of hydrogen-bond donors (Lipinski definition) is 1. The average Bonchev–Trinajstić information content (AvgIpc) is 2.87. The zero-order valence-corrected chi connectivity index (χ0v) is 21.2. The largest absolute Gasteiger partial charge is 0.380 e. The number of ether oxygens (including phenoxy) is 1. The van der Waals surface area contributed by atoms with Crippen molar-refractivity contribution in [2.24, 2.45) is 5.41 Å². The summed E-state index contributed by atoms with van der Waals surface area (Å²) in [6.07, 6.45) is 13.7. The average molecular weight is 488 g/mol. The second-order valence-corrected chi connectivity index (χ2v) is 11.8. The van der Waals surface area contributed by atoms with E-state index >= 15 is 0 Å². The van der Waals surface area contributed by atoms with E-state index in [2.05, 4.69) is 33.4 Å². The van der Waals surface area contributed by atoms with Gasteiger partial charge in [-0.25, -0.2) is 4.98 Å². The predicted octanol–water partition coefficient (Wildman–Crippen LogP) is 5.03. The van der Waals surface area contributed by atoms with Crippen LogP contribution in [0, 0.1) is 5.41 Å². The Morgan fingerprint density at radius 2 is 1.78 bits per heavy atom. The minimum atomic E-state index is 0.115. The summed E-state index contributed by atoms with van der Waals surface area (Å²) in [6.45, 7) is 4.98. The number of nitrogens with one attached hydrogen (secondary N) is 1. The van der Waals surface area contributed by atoms with E-state index in [0.29, 0.717) is 17.4 Å². The topological polar surface area (TPSA) is 72.3 Å². The summed E-state index contributed by atoms with van der Waals surface area (Å²) in [6, 6.07) is 7.16. The van der Waals surface area contributed by atoms with Gasteiger partial charge in [0.1, 0.15) is 5.65 Å². The standard InChI is InChI=1S/C29H37N5O2/c35-27-24-15-20(17-33-13-11-29(12-14-33)18-36-19-29)9-10-23(24)25-16-30-28(31-21-5-4-6-21)32-26(25)34(27)22-7-2-1-3-8-22/h9-10,15-16,21-22H,1-8,11-14,17-19H2,(H,30,31,32). The maximum atomic E-state index is 14.1. The second-order valence-electron chi connectivity index (χ2n) is 11.8. The Bertz CT molecular complexity index is 1330. The Kier molecular flexibility index (Phi) is 5.73. The zero-order chi connectivity index (χ0) is 24.1. The lowest BCUT2D eigenvalue weighted by atomic mass is 9.77. The van der Waals surface area contributed by atoms with Gasteiger partial charge in [-0.2, -0.15) is 4.98 Å². The van der Waals surface area contributed by atoms with Crippen LogP contribution in [0.4, 0.5) is 5.95 Å². The third-order valence-corrected chi connectivity index (χ3v) is 9.34. The maximum Gasteiger partial charge on any atom is 0.260 e. The van der Waals surface area contributed by atoms with Crippen molar-refractivity contribution in [3.05, 3.63) is 40.3 Å². The van der Waals surface area contributed by atoms with E-state index < -0.39 is 0 Å². The summed E-state index contributed by atoms with van der Waals surface area (Å²) in [5.74, 6) is 0.659. The fraction of sp³-hybridized carbons (Fsp3) is 0.621. The lowest BCUT2D eigenvalue weighted by molar-refractivity contribution is -0.140. The Labute approximate surface area is 212 Å². The lowest BCUT2D eigenvalue weighted by Gasteiger charge is -2.47. The van der Waals surface area contributed by atoms with Crippen molar-refractivity contribution in [2.75, 3.05) is 31.6 Å². The summed E-state index contributed by atoms with van der Waals surface area (Å²) < 4.78 is 7.52. The first-order valence-corrected chi connectivity index (χ1v) is 14.1. The molecule has 0 bridgehead atoms. The molecule has 0 amide bonds. The molecule has 2 aliphatic carbocycles. The first-order valence-electron chi connectivity index (χ1n) is 14.1. The molecular formula is C29H37N5O2. The molecule has 1 spiro atoms. The number of hydrogen-bond acceptors (Lipinski definition) is 6. The van der Waals surface area contributed by atoms with E-state index in [1.165, 1.54) is 56.9 Å². The third-order valence-electron chi connectivity index (χ3n) is 9.34. The van der Waals surface area contributed by atoms with Crippen LogP contribution in [0.5, 0.6) is 0 Å². The number of piperidine rings is 1. The molecule has 2 aromatic heterocycles. The molecule has 0 radical (unpaired) electrons. The summed E-state index contributed by atoms with van der Waals surface area (Å²) in [5.41, 5.74) is 2.58. The highest BCUT2D eigenvalue weighted by molar-refractivity contribution is 6.04. The highest BCUT2D eigenvalue weighted by atomic mass is 16.5. The molecule has 0 atom stereocenters. The van der Waals surface area contributed by atoms with Crippen LogP contribution in [-0.4, -0.2) is 51.8 Å².